The van der Waals surface area contributed by atoms with E-state index in [1.807, 2.05) is 24.3 Å². The summed E-state index contributed by atoms with van der Waals surface area (Å²) in [7, 11) is 3.84. The van der Waals surface area contributed by atoms with Gasteiger partial charge in [-0.2, -0.15) is 0 Å². The molecule has 0 aliphatic rings. The van der Waals surface area contributed by atoms with Crippen molar-refractivity contribution in [3.8, 4) is 5.75 Å². The van der Waals surface area contributed by atoms with E-state index in [-0.39, 0.29) is 24.0 Å². The molecule has 0 amide bonds. The summed E-state index contributed by atoms with van der Waals surface area (Å²) in [6.45, 7) is 9.65. The van der Waals surface area contributed by atoms with Crippen LogP contribution >= 0.6 is 24.0 Å². The molecule has 0 radical (unpaired) electrons. The quantitative estimate of drug-likeness (QED) is 0.298. The fraction of sp³-hybridized carbons (Fsp3) is 0.435. The number of guanidine groups is 1. The van der Waals surface area contributed by atoms with Gasteiger partial charge in [0.25, 0.3) is 0 Å². The van der Waals surface area contributed by atoms with Crippen LogP contribution in [-0.4, -0.2) is 37.6 Å². The molecule has 0 saturated heterocycles. The lowest BCUT2D eigenvalue weighted by Crippen LogP contribution is -2.37. The Morgan fingerprint density at radius 1 is 1.03 bits per heavy atom. The van der Waals surface area contributed by atoms with Crippen LogP contribution in [0.25, 0.3) is 0 Å². The van der Waals surface area contributed by atoms with Crippen molar-refractivity contribution < 1.29 is 4.74 Å². The summed E-state index contributed by atoms with van der Waals surface area (Å²) in [5, 5.41) is 6.80. The van der Waals surface area contributed by atoms with Crippen molar-refractivity contribution in [3.63, 3.8) is 0 Å². The molecule has 0 fully saturated rings. The van der Waals surface area contributed by atoms with Gasteiger partial charge in [0.2, 0.25) is 0 Å². The fourth-order valence-corrected chi connectivity index (χ4v) is 2.76. The smallest absolute Gasteiger partial charge is 0.191 e. The van der Waals surface area contributed by atoms with Gasteiger partial charge >= 0.3 is 0 Å². The third kappa shape index (κ3) is 8.62. The standard InChI is InChI=1S/C23H34N4O.HI/c1-6-24-23(25-15-19-11-13-22(28-5)14-12-19)26-16-20-9-7-8-10-21(20)17-27(4)18(2)3;/h7-14,18H,6,15-17H2,1-5H3,(H2,24,25,26);1H. The summed E-state index contributed by atoms with van der Waals surface area (Å²) in [6, 6.07) is 17.1. The van der Waals surface area contributed by atoms with E-state index in [0.29, 0.717) is 12.6 Å². The predicted octanol–water partition coefficient (Wildman–Crippen LogP) is 4.41. The van der Waals surface area contributed by atoms with E-state index in [0.717, 1.165) is 36.9 Å². The van der Waals surface area contributed by atoms with Crippen LogP contribution < -0.4 is 15.4 Å². The zero-order valence-electron chi connectivity index (χ0n) is 18.2. The van der Waals surface area contributed by atoms with Gasteiger partial charge in [0.15, 0.2) is 5.96 Å². The molecule has 0 aliphatic carbocycles. The normalized spacial score (nSPS) is 11.3. The van der Waals surface area contributed by atoms with Crippen molar-refractivity contribution in [2.45, 2.75) is 46.4 Å². The van der Waals surface area contributed by atoms with E-state index in [1.54, 1.807) is 7.11 Å². The summed E-state index contributed by atoms with van der Waals surface area (Å²) >= 11 is 0. The molecule has 29 heavy (non-hydrogen) atoms. The van der Waals surface area contributed by atoms with Crippen LogP contribution in [0.5, 0.6) is 5.75 Å². The topological polar surface area (TPSA) is 48.9 Å². The zero-order valence-corrected chi connectivity index (χ0v) is 20.6. The summed E-state index contributed by atoms with van der Waals surface area (Å²) in [5.41, 5.74) is 3.79. The summed E-state index contributed by atoms with van der Waals surface area (Å²) in [5.74, 6) is 1.69. The van der Waals surface area contributed by atoms with Crippen LogP contribution in [0.15, 0.2) is 53.5 Å². The molecule has 0 aromatic heterocycles. The maximum Gasteiger partial charge on any atom is 0.191 e. The molecule has 6 heteroatoms. The van der Waals surface area contributed by atoms with Crippen LogP contribution in [0.4, 0.5) is 0 Å². The molecule has 2 aromatic carbocycles. The molecule has 5 nitrogen and oxygen atoms in total. The molecule has 2 N–H and O–H groups in total. The van der Waals surface area contributed by atoms with Crippen molar-refractivity contribution in [3.05, 3.63) is 65.2 Å². The predicted molar refractivity (Wildman–Crippen MR) is 133 cm³/mol. The Balaban J connectivity index is 0.00000420. The van der Waals surface area contributed by atoms with Gasteiger partial charge in [-0.1, -0.05) is 36.4 Å². The maximum absolute atomic E-state index is 5.21. The van der Waals surface area contributed by atoms with E-state index in [9.17, 15) is 0 Å². The first-order valence-electron chi connectivity index (χ1n) is 9.95. The summed E-state index contributed by atoms with van der Waals surface area (Å²) in [4.78, 5) is 7.07. The Hall–Kier alpha value is -1.80. The first kappa shape index (κ1) is 25.2. The van der Waals surface area contributed by atoms with Crippen LogP contribution in [0.2, 0.25) is 0 Å². The Morgan fingerprint density at radius 2 is 1.69 bits per heavy atom. The van der Waals surface area contributed by atoms with E-state index in [1.165, 1.54) is 11.1 Å². The molecular weight excluding hydrogens is 475 g/mol. The van der Waals surface area contributed by atoms with Gasteiger partial charge in [0, 0.05) is 25.7 Å². The highest BCUT2D eigenvalue weighted by Gasteiger charge is 2.08. The molecule has 0 aliphatic heterocycles. The molecule has 0 spiro atoms. The summed E-state index contributed by atoms with van der Waals surface area (Å²) < 4.78 is 5.21. The second-order valence-electron chi connectivity index (χ2n) is 7.17. The second kappa shape index (κ2) is 13.4. The Morgan fingerprint density at radius 3 is 2.28 bits per heavy atom. The molecule has 0 atom stereocenters. The van der Waals surface area contributed by atoms with Crippen molar-refractivity contribution in [1.82, 2.24) is 15.5 Å². The van der Waals surface area contributed by atoms with Gasteiger partial charge in [-0.3, -0.25) is 4.90 Å². The molecule has 0 saturated carbocycles. The Kier molecular flexibility index (Phi) is 11.7. The van der Waals surface area contributed by atoms with E-state index in [2.05, 4.69) is 67.6 Å². The minimum Gasteiger partial charge on any atom is -0.497 e. The number of rotatable bonds is 9. The highest BCUT2D eigenvalue weighted by Crippen LogP contribution is 2.13. The molecular formula is C23H35IN4O. The molecule has 0 bridgehead atoms. The number of ether oxygens (including phenoxy) is 1. The molecule has 0 unspecified atom stereocenters. The van der Waals surface area contributed by atoms with Crippen LogP contribution in [0.3, 0.4) is 0 Å². The van der Waals surface area contributed by atoms with E-state index in [4.69, 9.17) is 9.73 Å². The number of methoxy groups -OCH3 is 1. The molecule has 2 rings (SSSR count). The highest BCUT2D eigenvalue weighted by atomic mass is 127. The monoisotopic (exact) mass is 510 g/mol. The number of nitrogens with zero attached hydrogens (tertiary/aromatic N) is 2. The van der Waals surface area contributed by atoms with Crippen molar-refractivity contribution in [2.24, 2.45) is 4.99 Å². The maximum atomic E-state index is 5.21. The number of benzene rings is 2. The van der Waals surface area contributed by atoms with Crippen molar-refractivity contribution >= 4 is 29.9 Å². The first-order valence-corrected chi connectivity index (χ1v) is 9.95. The van der Waals surface area contributed by atoms with Gasteiger partial charge in [-0.05, 0) is 56.6 Å². The van der Waals surface area contributed by atoms with Crippen molar-refractivity contribution in [1.29, 1.82) is 0 Å². The Bertz CT molecular complexity index is 747. The number of halogens is 1. The minimum atomic E-state index is 0. The van der Waals surface area contributed by atoms with Gasteiger partial charge in [-0.25, -0.2) is 4.99 Å². The average molecular weight is 510 g/mol. The third-order valence-electron chi connectivity index (χ3n) is 4.79. The van der Waals surface area contributed by atoms with Gasteiger partial charge < -0.3 is 15.4 Å². The first-order chi connectivity index (χ1) is 13.5. The minimum absolute atomic E-state index is 0. The molecule has 160 valence electrons. The summed E-state index contributed by atoms with van der Waals surface area (Å²) in [6.07, 6.45) is 0. The lowest BCUT2D eigenvalue weighted by molar-refractivity contribution is 0.265. The largest absolute Gasteiger partial charge is 0.497 e. The van der Waals surface area contributed by atoms with E-state index < -0.39 is 0 Å². The molecule has 2 aromatic rings. The van der Waals surface area contributed by atoms with Crippen LogP contribution in [0.1, 0.15) is 37.5 Å². The number of aliphatic imine (C=N–C) groups is 1. The Labute approximate surface area is 193 Å². The number of hydrogen-bond donors (Lipinski definition) is 2. The second-order valence-corrected chi connectivity index (χ2v) is 7.17. The van der Waals surface area contributed by atoms with Gasteiger partial charge in [0.05, 0.1) is 13.7 Å². The van der Waals surface area contributed by atoms with Gasteiger partial charge in [0.1, 0.15) is 5.75 Å². The zero-order chi connectivity index (χ0) is 20.4. The SMILES string of the molecule is CCNC(=NCc1ccc(OC)cc1)NCc1ccccc1CN(C)C(C)C.I. The van der Waals surface area contributed by atoms with Crippen LogP contribution in [-0.2, 0) is 19.6 Å². The van der Waals surface area contributed by atoms with Crippen molar-refractivity contribution in [2.75, 3.05) is 20.7 Å². The molecule has 0 heterocycles. The third-order valence-corrected chi connectivity index (χ3v) is 4.79. The number of hydrogen-bond acceptors (Lipinski definition) is 3. The lowest BCUT2D eigenvalue weighted by Gasteiger charge is -2.23. The van der Waals surface area contributed by atoms with Crippen LogP contribution in [0, 0.1) is 0 Å². The fourth-order valence-electron chi connectivity index (χ4n) is 2.76. The highest BCUT2D eigenvalue weighted by molar-refractivity contribution is 14.0. The van der Waals surface area contributed by atoms with E-state index >= 15 is 0 Å². The number of nitrogens with one attached hydrogen (secondary N) is 2. The average Bonchev–Trinajstić information content (AvgIpc) is 2.71. The van der Waals surface area contributed by atoms with Gasteiger partial charge in [-0.15, -0.1) is 24.0 Å². The lowest BCUT2D eigenvalue weighted by atomic mass is 10.1.